The molecule has 0 bridgehead atoms. The minimum absolute atomic E-state index is 0.0636. The molecular weight excluding hydrogens is 378 g/mol. The Hall–Kier alpha value is -3.03. The van der Waals surface area contributed by atoms with E-state index in [0.717, 1.165) is 48.7 Å². The summed E-state index contributed by atoms with van der Waals surface area (Å²) in [6.07, 6.45) is 3.89. The smallest absolute Gasteiger partial charge is 0.248 e. The molecule has 1 amide bonds. The van der Waals surface area contributed by atoms with E-state index in [4.69, 9.17) is 10.5 Å². The predicted octanol–water partition coefficient (Wildman–Crippen LogP) is 2.95. The lowest BCUT2D eigenvalue weighted by atomic mass is 10.0. The van der Waals surface area contributed by atoms with Crippen molar-refractivity contribution in [2.45, 2.75) is 33.0 Å². The van der Waals surface area contributed by atoms with Crippen molar-refractivity contribution in [2.24, 2.45) is 5.73 Å². The molecule has 1 atom stereocenters. The molecule has 0 radical (unpaired) electrons. The van der Waals surface area contributed by atoms with Crippen molar-refractivity contribution >= 4 is 5.91 Å². The molecule has 1 fully saturated rings. The van der Waals surface area contributed by atoms with Crippen molar-refractivity contribution in [1.82, 2.24) is 19.7 Å². The van der Waals surface area contributed by atoms with E-state index in [2.05, 4.69) is 35.0 Å². The highest BCUT2D eigenvalue weighted by molar-refractivity contribution is 5.94. The second kappa shape index (κ2) is 8.77. The van der Waals surface area contributed by atoms with Crippen LogP contribution in [0.4, 0.5) is 0 Å². The molecule has 1 aromatic carbocycles. The molecule has 7 nitrogen and oxygen atoms in total. The summed E-state index contributed by atoms with van der Waals surface area (Å²) in [4.78, 5) is 18.5. The van der Waals surface area contributed by atoms with E-state index in [1.165, 1.54) is 5.56 Å². The SMILES string of the molecule is CCn1cc(CN2CCO[C@H](c3ccc(-c4cccc(C(N)=O)c4)cn3)C2)c(C)n1. The van der Waals surface area contributed by atoms with Crippen LogP contribution in [0.25, 0.3) is 11.1 Å². The van der Waals surface area contributed by atoms with Crippen molar-refractivity contribution in [2.75, 3.05) is 19.7 Å². The first-order valence-electron chi connectivity index (χ1n) is 10.3. The first-order valence-corrected chi connectivity index (χ1v) is 10.3. The number of aryl methyl sites for hydroxylation is 2. The second-order valence-electron chi connectivity index (χ2n) is 7.61. The topological polar surface area (TPSA) is 86.3 Å². The molecule has 1 saturated heterocycles. The van der Waals surface area contributed by atoms with Gasteiger partial charge >= 0.3 is 0 Å². The van der Waals surface area contributed by atoms with E-state index in [1.54, 1.807) is 12.1 Å². The number of primary amides is 1. The van der Waals surface area contributed by atoms with Crippen molar-refractivity contribution in [3.8, 4) is 11.1 Å². The number of carbonyl (C=O) groups excluding carboxylic acids is 1. The maximum Gasteiger partial charge on any atom is 0.248 e. The van der Waals surface area contributed by atoms with Crippen LogP contribution < -0.4 is 5.73 Å². The molecular formula is C23H27N5O2. The zero-order valence-corrected chi connectivity index (χ0v) is 17.4. The quantitative estimate of drug-likeness (QED) is 0.681. The number of hydrogen-bond donors (Lipinski definition) is 1. The van der Waals surface area contributed by atoms with Gasteiger partial charge in [-0.1, -0.05) is 18.2 Å². The summed E-state index contributed by atoms with van der Waals surface area (Å²) >= 11 is 0. The number of amides is 1. The van der Waals surface area contributed by atoms with Crippen molar-refractivity contribution < 1.29 is 9.53 Å². The van der Waals surface area contributed by atoms with Crippen LogP contribution in [0.3, 0.4) is 0 Å². The molecule has 7 heteroatoms. The molecule has 3 heterocycles. The fourth-order valence-corrected chi connectivity index (χ4v) is 3.76. The Bertz CT molecular complexity index is 1030. The van der Waals surface area contributed by atoms with E-state index in [0.29, 0.717) is 12.2 Å². The van der Waals surface area contributed by atoms with Gasteiger partial charge in [0.1, 0.15) is 6.10 Å². The summed E-state index contributed by atoms with van der Waals surface area (Å²) in [5.74, 6) is -0.433. The molecule has 156 valence electrons. The Morgan fingerprint density at radius 1 is 1.27 bits per heavy atom. The van der Waals surface area contributed by atoms with Crippen LogP contribution in [0, 0.1) is 6.92 Å². The van der Waals surface area contributed by atoms with E-state index < -0.39 is 5.91 Å². The standard InChI is InChI=1S/C23H27N5O2/c1-3-28-14-20(16(2)26-28)13-27-9-10-30-22(15-27)21-8-7-19(12-25-21)17-5-4-6-18(11-17)23(24)29/h4-8,11-12,14,22H,3,9-10,13,15H2,1-2H3,(H2,24,29)/t22-/m0/s1. The van der Waals surface area contributed by atoms with Gasteiger partial charge in [0.2, 0.25) is 5.91 Å². The summed E-state index contributed by atoms with van der Waals surface area (Å²) in [6.45, 7) is 8.27. The van der Waals surface area contributed by atoms with Gasteiger partial charge in [0.05, 0.1) is 18.0 Å². The van der Waals surface area contributed by atoms with Crippen LogP contribution in [0.15, 0.2) is 48.8 Å². The van der Waals surface area contributed by atoms with Gasteiger partial charge < -0.3 is 10.5 Å². The zero-order chi connectivity index (χ0) is 21.1. The molecule has 1 aliphatic heterocycles. The molecule has 4 rings (SSSR count). The van der Waals surface area contributed by atoms with Crippen molar-refractivity contribution in [3.63, 3.8) is 0 Å². The lowest BCUT2D eigenvalue weighted by Crippen LogP contribution is -2.38. The van der Waals surface area contributed by atoms with Crippen LogP contribution in [0.2, 0.25) is 0 Å². The van der Waals surface area contributed by atoms with Crippen molar-refractivity contribution in [3.05, 3.63) is 71.3 Å². The molecule has 1 aliphatic rings. The van der Waals surface area contributed by atoms with E-state index in [1.807, 2.05) is 35.1 Å². The molecule has 0 unspecified atom stereocenters. The van der Waals surface area contributed by atoms with Crippen LogP contribution in [0.1, 0.15) is 40.3 Å². The molecule has 0 aliphatic carbocycles. The predicted molar refractivity (Wildman–Crippen MR) is 115 cm³/mol. The zero-order valence-electron chi connectivity index (χ0n) is 17.4. The highest BCUT2D eigenvalue weighted by Crippen LogP contribution is 2.25. The van der Waals surface area contributed by atoms with Crippen LogP contribution in [-0.2, 0) is 17.8 Å². The van der Waals surface area contributed by atoms with Gasteiger partial charge in [-0.25, -0.2) is 0 Å². The number of nitrogens with zero attached hydrogens (tertiary/aromatic N) is 4. The minimum atomic E-state index is -0.433. The summed E-state index contributed by atoms with van der Waals surface area (Å²) in [7, 11) is 0. The molecule has 3 aromatic rings. The molecule has 0 saturated carbocycles. The Balaban J connectivity index is 1.45. The third kappa shape index (κ3) is 4.42. The van der Waals surface area contributed by atoms with Crippen molar-refractivity contribution in [1.29, 1.82) is 0 Å². The second-order valence-corrected chi connectivity index (χ2v) is 7.61. The summed E-state index contributed by atoms with van der Waals surface area (Å²) in [5.41, 5.74) is 11.0. The average molecular weight is 406 g/mol. The molecule has 0 spiro atoms. The lowest BCUT2D eigenvalue weighted by Gasteiger charge is -2.32. The highest BCUT2D eigenvalue weighted by Gasteiger charge is 2.24. The van der Waals surface area contributed by atoms with Crippen LogP contribution >= 0.6 is 0 Å². The number of aromatic nitrogens is 3. The maximum atomic E-state index is 11.4. The number of benzene rings is 1. The van der Waals surface area contributed by atoms with Gasteiger partial charge in [0, 0.05) is 55.3 Å². The lowest BCUT2D eigenvalue weighted by molar-refractivity contribution is -0.0350. The third-order valence-corrected chi connectivity index (χ3v) is 5.51. The third-order valence-electron chi connectivity index (χ3n) is 5.51. The van der Waals surface area contributed by atoms with Crippen LogP contribution in [-0.4, -0.2) is 45.3 Å². The summed E-state index contributed by atoms with van der Waals surface area (Å²) in [5, 5.41) is 4.54. The number of carbonyl (C=O) groups is 1. The number of hydrogen-bond acceptors (Lipinski definition) is 5. The first kappa shape index (κ1) is 20.3. The molecule has 2 aromatic heterocycles. The Kier molecular flexibility index (Phi) is 5.92. The van der Waals surface area contributed by atoms with Gasteiger partial charge in [-0.05, 0) is 37.6 Å². The van der Waals surface area contributed by atoms with E-state index >= 15 is 0 Å². The van der Waals surface area contributed by atoms with Gasteiger partial charge in [0.15, 0.2) is 0 Å². The summed E-state index contributed by atoms with van der Waals surface area (Å²) < 4.78 is 7.98. The highest BCUT2D eigenvalue weighted by atomic mass is 16.5. The number of nitrogens with two attached hydrogens (primary N) is 1. The normalized spacial score (nSPS) is 17.2. The Labute approximate surface area is 176 Å². The molecule has 2 N–H and O–H groups in total. The Morgan fingerprint density at radius 3 is 2.83 bits per heavy atom. The number of morpholine rings is 1. The monoisotopic (exact) mass is 405 g/mol. The fourth-order valence-electron chi connectivity index (χ4n) is 3.76. The Morgan fingerprint density at radius 2 is 2.13 bits per heavy atom. The van der Waals surface area contributed by atoms with E-state index in [-0.39, 0.29) is 6.10 Å². The molecule has 30 heavy (non-hydrogen) atoms. The van der Waals surface area contributed by atoms with Gasteiger partial charge in [-0.2, -0.15) is 5.10 Å². The van der Waals surface area contributed by atoms with Gasteiger partial charge in [-0.15, -0.1) is 0 Å². The van der Waals surface area contributed by atoms with Crippen LogP contribution in [0.5, 0.6) is 0 Å². The summed E-state index contributed by atoms with van der Waals surface area (Å²) in [6, 6.07) is 11.3. The van der Waals surface area contributed by atoms with Gasteiger partial charge in [0.25, 0.3) is 0 Å². The minimum Gasteiger partial charge on any atom is -0.369 e. The number of rotatable bonds is 6. The first-order chi connectivity index (χ1) is 14.5. The maximum absolute atomic E-state index is 11.4. The number of ether oxygens (including phenoxy) is 1. The largest absolute Gasteiger partial charge is 0.369 e. The van der Waals surface area contributed by atoms with E-state index in [9.17, 15) is 4.79 Å². The average Bonchev–Trinajstić information content (AvgIpc) is 3.13. The van der Waals surface area contributed by atoms with Gasteiger partial charge in [-0.3, -0.25) is 19.4 Å². The number of pyridine rings is 1. The fraction of sp³-hybridized carbons (Fsp3) is 0.348.